The predicted octanol–water partition coefficient (Wildman–Crippen LogP) is 11.5. The molecule has 0 bridgehead atoms. The number of para-hydroxylation sites is 2. The Bertz CT molecular complexity index is 1580. The van der Waals surface area contributed by atoms with Crippen molar-refractivity contribution in [3.63, 3.8) is 0 Å². The summed E-state index contributed by atoms with van der Waals surface area (Å²) in [6.45, 7) is 7.65. The summed E-state index contributed by atoms with van der Waals surface area (Å²) in [5, 5.41) is 27.9. The molecule has 40 heavy (non-hydrogen) atoms. The fourth-order valence-electron chi connectivity index (χ4n) is 4.76. The van der Waals surface area contributed by atoms with E-state index in [1.807, 2.05) is 88.4 Å². The summed E-state index contributed by atoms with van der Waals surface area (Å²) >= 11 is 33.7. The number of aryl methyl sites for hydroxylation is 2. The molecule has 0 saturated carbocycles. The van der Waals surface area contributed by atoms with Crippen LogP contribution < -0.4 is 19.1 Å². The number of nitrogens with one attached hydrogen (secondary N) is 2. The average Bonchev–Trinajstić information content (AvgIpc) is 3.30. The Hall–Kier alpha value is -1.96. The van der Waals surface area contributed by atoms with E-state index >= 15 is 0 Å². The van der Waals surface area contributed by atoms with Gasteiger partial charge in [0.15, 0.2) is 0 Å². The molecule has 0 atom stereocenters. The molecule has 6 nitrogen and oxygen atoms in total. The topological polar surface area (TPSA) is 78.1 Å². The number of thiophene rings is 2. The number of benzene rings is 2. The Morgan fingerprint density at radius 2 is 0.950 bits per heavy atom. The molecule has 1 saturated heterocycles. The second kappa shape index (κ2) is 9.81. The van der Waals surface area contributed by atoms with Crippen molar-refractivity contribution in [3.05, 3.63) is 92.7 Å². The van der Waals surface area contributed by atoms with Gasteiger partial charge in [-0.05, 0) is 0 Å². The van der Waals surface area contributed by atoms with E-state index in [0.29, 0.717) is 32.5 Å². The molecular formula is C26H24Cl4N6P2S2. The quantitative estimate of drug-likeness (QED) is 0.196. The summed E-state index contributed by atoms with van der Waals surface area (Å²) in [5.41, 5.74) is 3.74. The standard InChI is InChI=1S/C26H24Cl4N6P2S2/c1-17-19(3)39-25(23(17)15-31)33-37(27,28)35(21-11-7-5-8-12-21)38(29,30,36(37)22-13-9-6-10-14-22)34-26-24(16-32)18(2)20(4)40-26/h5-14,33-34H,1-4H3. The summed E-state index contributed by atoms with van der Waals surface area (Å²) in [6.07, 6.45) is 0. The van der Waals surface area contributed by atoms with Crippen molar-refractivity contribution in [2.45, 2.75) is 27.7 Å². The third-order valence-electron chi connectivity index (χ3n) is 6.83. The molecule has 2 N–H and O–H groups in total. The first-order chi connectivity index (χ1) is 18.7. The first kappa shape index (κ1) is 29.5. The van der Waals surface area contributed by atoms with Crippen LogP contribution in [0.4, 0.5) is 21.4 Å². The first-order valence-corrected chi connectivity index (χ1v) is 21.5. The molecule has 0 unspecified atom stereocenters. The SMILES string of the molecule is Cc1sc(NP2(Cl)(Cl)N(c3ccccc3)P(Cl)(Cl)(Nc3sc(C)c(C)c3C#N)N2c2ccccc2)c(C#N)c1C. The van der Waals surface area contributed by atoms with Gasteiger partial charge >= 0.3 is 263 Å². The van der Waals surface area contributed by atoms with Gasteiger partial charge in [-0.3, -0.25) is 0 Å². The van der Waals surface area contributed by atoms with Crippen molar-refractivity contribution in [1.82, 2.24) is 0 Å². The molecule has 1 aliphatic heterocycles. The number of anilines is 4. The van der Waals surface area contributed by atoms with Crippen LogP contribution in [0.2, 0.25) is 0 Å². The molecule has 2 aromatic heterocycles. The molecule has 0 amide bonds. The summed E-state index contributed by atoms with van der Waals surface area (Å²) in [4.78, 5) is 1.92. The molecule has 3 heterocycles. The van der Waals surface area contributed by atoms with E-state index in [2.05, 4.69) is 22.3 Å². The van der Waals surface area contributed by atoms with E-state index in [9.17, 15) is 10.5 Å². The Morgan fingerprint density at radius 3 is 1.25 bits per heavy atom. The average molecular weight is 688 g/mol. The van der Waals surface area contributed by atoms with Crippen LogP contribution in [-0.2, 0) is 0 Å². The van der Waals surface area contributed by atoms with Crippen molar-refractivity contribution in [3.8, 4) is 12.1 Å². The third-order valence-corrected chi connectivity index (χ3v) is 25.4. The maximum absolute atomic E-state index is 10.0. The summed E-state index contributed by atoms with van der Waals surface area (Å²) in [6, 6.07) is 23.0. The van der Waals surface area contributed by atoms with Gasteiger partial charge in [0.05, 0.1) is 0 Å². The van der Waals surface area contributed by atoms with Crippen molar-refractivity contribution in [2.75, 3.05) is 19.1 Å². The second-order valence-corrected chi connectivity index (χ2v) is 26.5. The van der Waals surface area contributed by atoms with E-state index in [4.69, 9.17) is 45.0 Å². The third kappa shape index (κ3) is 4.25. The zero-order valence-corrected chi connectivity index (χ0v) is 28.2. The van der Waals surface area contributed by atoms with Gasteiger partial charge in [0.1, 0.15) is 0 Å². The van der Waals surface area contributed by atoms with Crippen molar-refractivity contribution < 1.29 is 0 Å². The summed E-state index contributed by atoms with van der Waals surface area (Å²) in [7, 11) is 0. The molecule has 14 heteroatoms. The van der Waals surface area contributed by atoms with Crippen LogP contribution in [0.15, 0.2) is 60.7 Å². The van der Waals surface area contributed by atoms with E-state index in [1.54, 1.807) is 8.88 Å². The Kier molecular flexibility index (Phi) is 7.24. The van der Waals surface area contributed by atoms with E-state index in [-0.39, 0.29) is 0 Å². The van der Waals surface area contributed by atoms with Gasteiger partial charge in [-0.25, -0.2) is 0 Å². The van der Waals surface area contributed by atoms with Gasteiger partial charge in [0.2, 0.25) is 0 Å². The molecule has 208 valence electrons. The van der Waals surface area contributed by atoms with Crippen LogP contribution in [-0.4, -0.2) is 0 Å². The monoisotopic (exact) mass is 686 g/mol. The molecule has 1 aliphatic rings. The molecule has 0 spiro atoms. The first-order valence-electron chi connectivity index (χ1n) is 12.0. The minimum absolute atomic E-state index is 0.453. The van der Waals surface area contributed by atoms with Crippen LogP contribution >= 0.6 is 79.2 Å². The van der Waals surface area contributed by atoms with Gasteiger partial charge in [-0.15, -0.1) is 0 Å². The van der Waals surface area contributed by atoms with Gasteiger partial charge in [-0.1, -0.05) is 0 Å². The fourth-order valence-corrected chi connectivity index (χ4v) is 32.4. The van der Waals surface area contributed by atoms with E-state index in [0.717, 1.165) is 20.9 Å². The Balaban J connectivity index is 1.82. The summed E-state index contributed by atoms with van der Waals surface area (Å²) in [5.74, 6) is -9.16. The number of hydrogen-bond acceptors (Lipinski definition) is 8. The normalized spacial score (nSPS) is 19.9. The molecule has 1 fully saturated rings. The molecule has 0 aliphatic carbocycles. The second-order valence-electron chi connectivity index (χ2n) is 9.32. The molecule has 2 aromatic carbocycles. The van der Waals surface area contributed by atoms with Crippen molar-refractivity contribution in [2.24, 2.45) is 0 Å². The summed E-state index contributed by atoms with van der Waals surface area (Å²) < 4.78 is 3.32. The fraction of sp³-hybridized carbons (Fsp3) is 0.154. The predicted molar refractivity (Wildman–Crippen MR) is 179 cm³/mol. The number of nitrogens with zero attached hydrogens (tertiary/aromatic N) is 4. The molecule has 0 radical (unpaired) electrons. The van der Waals surface area contributed by atoms with Gasteiger partial charge in [0.25, 0.3) is 0 Å². The Morgan fingerprint density at radius 1 is 0.625 bits per heavy atom. The van der Waals surface area contributed by atoms with Crippen molar-refractivity contribution in [1.29, 1.82) is 10.5 Å². The number of rotatable bonds is 6. The van der Waals surface area contributed by atoms with Crippen LogP contribution in [0, 0.1) is 50.4 Å². The number of nitriles is 2. The van der Waals surface area contributed by atoms with E-state index in [1.165, 1.54) is 22.7 Å². The molecule has 4 aromatic rings. The number of halogens is 4. The van der Waals surface area contributed by atoms with Crippen molar-refractivity contribution >= 4 is 101 Å². The minimum atomic E-state index is -4.58. The zero-order chi connectivity index (χ0) is 29.1. The van der Waals surface area contributed by atoms with Crippen LogP contribution in [0.25, 0.3) is 0 Å². The zero-order valence-electron chi connectivity index (χ0n) is 21.8. The van der Waals surface area contributed by atoms with Crippen LogP contribution in [0.5, 0.6) is 0 Å². The maximum atomic E-state index is 10.0. The van der Waals surface area contributed by atoms with Gasteiger partial charge < -0.3 is 0 Å². The van der Waals surface area contributed by atoms with Gasteiger partial charge in [0, 0.05) is 0 Å². The van der Waals surface area contributed by atoms with Gasteiger partial charge in [-0.2, -0.15) is 0 Å². The van der Waals surface area contributed by atoms with Crippen LogP contribution in [0.1, 0.15) is 32.0 Å². The molecular weight excluding hydrogens is 664 g/mol. The van der Waals surface area contributed by atoms with E-state index < -0.39 is 11.5 Å². The number of hydrogen-bond donors (Lipinski definition) is 2. The van der Waals surface area contributed by atoms with Crippen LogP contribution in [0.3, 0.4) is 0 Å². The molecule has 5 rings (SSSR count). The Labute approximate surface area is 261 Å².